The molecule has 0 atom stereocenters. The van der Waals surface area contributed by atoms with Crippen LogP contribution in [0.5, 0.6) is 5.75 Å². The first-order valence-electron chi connectivity index (χ1n) is 6.37. The minimum absolute atomic E-state index is 0.0190. The van der Waals surface area contributed by atoms with Gasteiger partial charge < -0.3 is 4.74 Å². The van der Waals surface area contributed by atoms with Gasteiger partial charge >= 0.3 is 0 Å². The Hall–Kier alpha value is -2.16. The zero-order valence-corrected chi connectivity index (χ0v) is 14.1. The lowest BCUT2D eigenvalue weighted by atomic mass is 10.3. The fourth-order valence-electron chi connectivity index (χ4n) is 1.47. The summed E-state index contributed by atoms with van der Waals surface area (Å²) in [5, 5.41) is 4.60. The number of thiophene rings is 1. The molecule has 2 rings (SSSR count). The van der Waals surface area contributed by atoms with Crippen LogP contribution in [0.1, 0.15) is 9.67 Å². The lowest BCUT2D eigenvalue weighted by Crippen LogP contribution is -2.49. The van der Waals surface area contributed by atoms with Crippen LogP contribution in [0.25, 0.3) is 0 Å². The van der Waals surface area contributed by atoms with Gasteiger partial charge in [-0.3, -0.25) is 25.8 Å². The standard InChI is InChI=1S/C14H12ClN3O3S2/c15-9-4-1-2-5-10(9)21-8-12(19)17-18-14(22)16-13(20)11-6-3-7-23-11/h1-7H,8H2,(H,17,19)(H2,16,18,20,22). The highest BCUT2D eigenvalue weighted by Crippen LogP contribution is 2.22. The van der Waals surface area contributed by atoms with E-state index in [9.17, 15) is 9.59 Å². The maximum atomic E-state index is 11.7. The molecular formula is C14H12ClN3O3S2. The highest BCUT2D eigenvalue weighted by molar-refractivity contribution is 7.80. The van der Waals surface area contributed by atoms with Gasteiger partial charge in [-0.2, -0.15) is 0 Å². The molecule has 0 aliphatic rings. The van der Waals surface area contributed by atoms with Crippen LogP contribution in [0, 0.1) is 0 Å². The normalized spacial score (nSPS) is 9.78. The Labute approximate surface area is 146 Å². The van der Waals surface area contributed by atoms with Crippen molar-refractivity contribution in [3.05, 3.63) is 51.7 Å². The number of thiocarbonyl (C=S) groups is 1. The second kappa shape index (κ2) is 8.47. The van der Waals surface area contributed by atoms with Gasteiger partial charge in [0.1, 0.15) is 5.75 Å². The Kier molecular flexibility index (Phi) is 6.33. The number of hydrogen-bond acceptors (Lipinski definition) is 5. The Morgan fingerprint density at radius 3 is 2.65 bits per heavy atom. The van der Waals surface area contributed by atoms with Gasteiger partial charge in [-0.25, -0.2) is 0 Å². The highest BCUT2D eigenvalue weighted by atomic mass is 35.5. The Balaban J connectivity index is 1.71. The molecule has 1 aromatic carbocycles. The van der Waals surface area contributed by atoms with Crippen molar-refractivity contribution in [3.8, 4) is 5.75 Å². The van der Waals surface area contributed by atoms with Crippen LogP contribution in [0.3, 0.4) is 0 Å². The number of carbonyl (C=O) groups excluding carboxylic acids is 2. The summed E-state index contributed by atoms with van der Waals surface area (Å²) in [6.07, 6.45) is 0. The zero-order valence-electron chi connectivity index (χ0n) is 11.7. The van der Waals surface area contributed by atoms with Crippen LogP contribution in [-0.2, 0) is 4.79 Å². The molecule has 3 N–H and O–H groups in total. The molecule has 0 bridgehead atoms. The molecule has 0 unspecified atom stereocenters. The summed E-state index contributed by atoms with van der Waals surface area (Å²) in [6.45, 7) is -0.252. The molecule has 0 aliphatic carbocycles. The lowest BCUT2D eigenvalue weighted by Gasteiger charge is -2.11. The first kappa shape index (κ1) is 17.2. The van der Waals surface area contributed by atoms with E-state index in [0.29, 0.717) is 15.6 Å². The van der Waals surface area contributed by atoms with Gasteiger partial charge in [-0.15, -0.1) is 11.3 Å². The van der Waals surface area contributed by atoms with Crippen LogP contribution in [0.4, 0.5) is 0 Å². The first-order chi connectivity index (χ1) is 11.1. The SMILES string of the molecule is O=C(COc1ccccc1Cl)NNC(=S)NC(=O)c1cccs1. The van der Waals surface area contributed by atoms with Crippen molar-refractivity contribution in [1.29, 1.82) is 0 Å². The molecule has 1 heterocycles. The van der Waals surface area contributed by atoms with Gasteiger partial charge in [0.25, 0.3) is 11.8 Å². The Morgan fingerprint density at radius 2 is 1.96 bits per heavy atom. The predicted molar refractivity (Wildman–Crippen MR) is 92.6 cm³/mol. The van der Waals surface area contributed by atoms with Crippen LogP contribution in [0.15, 0.2) is 41.8 Å². The topological polar surface area (TPSA) is 79.5 Å². The Morgan fingerprint density at radius 1 is 1.17 bits per heavy atom. The number of halogens is 1. The molecule has 0 saturated carbocycles. The fourth-order valence-corrected chi connectivity index (χ4v) is 2.42. The summed E-state index contributed by atoms with van der Waals surface area (Å²) >= 11 is 12.1. The molecule has 9 heteroatoms. The predicted octanol–water partition coefficient (Wildman–Crippen LogP) is 2.12. The van der Waals surface area contributed by atoms with Gasteiger partial charge in [-0.1, -0.05) is 29.8 Å². The summed E-state index contributed by atoms with van der Waals surface area (Å²) < 4.78 is 5.26. The van der Waals surface area contributed by atoms with E-state index in [1.807, 2.05) is 0 Å². The quantitative estimate of drug-likeness (QED) is 0.568. The van der Waals surface area contributed by atoms with Crippen molar-refractivity contribution in [2.24, 2.45) is 0 Å². The molecule has 2 aromatic rings. The van der Waals surface area contributed by atoms with Crippen molar-refractivity contribution in [2.75, 3.05) is 6.61 Å². The number of hydrogen-bond donors (Lipinski definition) is 3. The molecular weight excluding hydrogens is 358 g/mol. The second-order valence-corrected chi connectivity index (χ2v) is 5.92. The third-order valence-electron chi connectivity index (χ3n) is 2.48. The molecule has 0 radical (unpaired) electrons. The second-order valence-electron chi connectivity index (χ2n) is 4.15. The van der Waals surface area contributed by atoms with E-state index in [2.05, 4.69) is 16.2 Å². The van der Waals surface area contributed by atoms with E-state index in [1.165, 1.54) is 11.3 Å². The molecule has 6 nitrogen and oxygen atoms in total. The molecule has 0 saturated heterocycles. The van der Waals surface area contributed by atoms with Crippen molar-refractivity contribution < 1.29 is 14.3 Å². The van der Waals surface area contributed by atoms with Crippen molar-refractivity contribution in [1.82, 2.24) is 16.2 Å². The van der Waals surface area contributed by atoms with Crippen molar-refractivity contribution >= 4 is 52.1 Å². The minimum atomic E-state index is -0.474. The third kappa shape index (κ3) is 5.51. The van der Waals surface area contributed by atoms with E-state index in [-0.39, 0.29) is 17.6 Å². The molecule has 120 valence electrons. The van der Waals surface area contributed by atoms with E-state index in [0.717, 1.165) is 0 Å². The number of nitrogens with one attached hydrogen (secondary N) is 3. The first-order valence-corrected chi connectivity index (χ1v) is 8.04. The number of para-hydroxylation sites is 1. The number of carbonyl (C=O) groups is 2. The largest absolute Gasteiger partial charge is 0.482 e. The number of benzene rings is 1. The number of ether oxygens (including phenoxy) is 1. The Bertz CT molecular complexity index is 707. The monoisotopic (exact) mass is 369 g/mol. The maximum Gasteiger partial charge on any atom is 0.276 e. The molecule has 0 fully saturated rings. The molecule has 23 heavy (non-hydrogen) atoms. The number of amides is 2. The summed E-state index contributed by atoms with van der Waals surface area (Å²) in [5.41, 5.74) is 4.73. The molecule has 0 spiro atoms. The summed E-state index contributed by atoms with van der Waals surface area (Å²) in [7, 11) is 0. The van der Waals surface area contributed by atoms with Gasteiger partial charge in [-0.05, 0) is 35.8 Å². The fraction of sp³-hybridized carbons (Fsp3) is 0.0714. The van der Waals surface area contributed by atoms with Gasteiger partial charge in [0, 0.05) is 0 Å². The summed E-state index contributed by atoms with van der Waals surface area (Å²) in [6, 6.07) is 10.2. The number of rotatable bonds is 4. The molecule has 0 aliphatic heterocycles. The zero-order chi connectivity index (χ0) is 16.7. The summed E-state index contributed by atoms with van der Waals surface area (Å²) in [5.74, 6) is -0.422. The van der Waals surface area contributed by atoms with E-state index in [1.54, 1.807) is 41.8 Å². The van der Waals surface area contributed by atoms with Gasteiger partial charge in [0.15, 0.2) is 11.7 Å². The van der Waals surface area contributed by atoms with E-state index < -0.39 is 5.91 Å². The van der Waals surface area contributed by atoms with Crippen LogP contribution >= 0.6 is 35.2 Å². The molecule has 2 amide bonds. The third-order valence-corrected chi connectivity index (χ3v) is 3.87. The minimum Gasteiger partial charge on any atom is -0.482 e. The molecule has 1 aromatic heterocycles. The smallest absolute Gasteiger partial charge is 0.276 e. The van der Waals surface area contributed by atoms with Crippen molar-refractivity contribution in [3.63, 3.8) is 0 Å². The highest BCUT2D eigenvalue weighted by Gasteiger charge is 2.09. The van der Waals surface area contributed by atoms with Gasteiger partial charge in [0.2, 0.25) is 0 Å². The van der Waals surface area contributed by atoms with E-state index >= 15 is 0 Å². The lowest BCUT2D eigenvalue weighted by molar-refractivity contribution is -0.123. The maximum absolute atomic E-state index is 11.7. The van der Waals surface area contributed by atoms with E-state index in [4.69, 9.17) is 28.6 Å². The average molecular weight is 370 g/mol. The number of hydrazine groups is 1. The summed E-state index contributed by atoms with van der Waals surface area (Å²) in [4.78, 5) is 23.9. The van der Waals surface area contributed by atoms with Crippen LogP contribution in [-0.4, -0.2) is 23.5 Å². The van der Waals surface area contributed by atoms with Crippen LogP contribution in [0.2, 0.25) is 5.02 Å². The van der Waals surface area contributed by atoms with Gasteiger partial charge in [0.05, 0.1) is 9.90 Å². The van der Waals surface area contributed by atoms with Crippen LogP contribution < -0.4 is 20.9 Å². The average Bonchev–Trinajstić information content (AvgIpc) is 3.06. The van der Waals surface area contributed by atoms with Crippen molar-refractivity contribution in [2.45, 2.75) is 0 Å².